The summed E-state index contributed by atoms with van der Waals surface area (Å²) in [6, 6.07) is 9.10. The number of phenols is 1. The van der Waals surface area contributed by atoms with Crippen LogP contribution in [0.25, 0.3) is 11.1 Å². The maximum Gasteiger partial charge on any atom is 0.124 e. The van der Waals surface area contributed by atoms with E-state index >= 15 is 0 Å². The molecule has 2 aromatic rings. The van der Waals surface area contributed by atoms with E-state index in [2.05, 4.69) is 11.9 Å². The summed E-state index contributed by atoms with van der Waals surface area (Å²) < 4.78 is 13.9. The Morgan fingerprint density at radius 2 is 2.10 bits per heavy atom. The molecular formula is C17H16FNO. The first-order valence-corrected chi connectivity index (χ1v) is 6.99. The van der Waals surface area contributed by atoms with E-state index in [0.717, 1.165) is 41.6 Å². The Morgan fingerprint density at radius 3 is 2.95 bits per heavy atom. The van der Waals surface area contributed by atoms with Gasteiger partial charge < -0.3 is 5.11 Å². The lowest BCUT2D eigenvalue weighted by atomic mass is 9.77. The maximum atomic E-state index is 13.9. The topological polar surface area (TPSA) is 23.5 Å². The van der Waals surface area contributed by atoms with Gasteiger partial charge in [-0.25, -0.2) is 4.39 Å². The number of benzene rings is 2. The number of rotatable bonds is 0. The molecule has 0 saturated carbocycles. The van der Waals surface area contributed by atoms with E-state index in [-0.39, 0.29) is 11.6 Å². The molecule has 1 aliphatic carbocycles. The first kappa shape index (κ1) is 11.9. The van der Waals surface area contributed by atoms with Crippen LogP contribution in [-0.4, -0.2) is 23.6 Å². The van der Waals surface area contributed by atoms with E-state index in [1.807, 2.05) is 12.1 Å². The van der Waals surface area contributed by atoms with Gasteiger partial charge in [0.2, 0.25) is 0 Å². The molecule has 1 unspecified atom stereocenters. The number of phenolic OH excluding ortho intramolecular Hbond substituents is 1. The van der Waals surface area contributed by atoms with Crippen molar-refractivity contribution in [2.24, 2.45) is 0 Å². The normalized spacial score (nSPS) is 20.4. The molecule has 20 heavy (non-hydrogen) atoms. The van der Waals surface area contributed by atoms with Gasteiger partial charge in [-0.2, -0.15) is 0 Å². The summed E-state index contributed by atoms with van der Waals surface area (Å²) in [6.07, 6.45) is 1.75. The number of halogens is 1. The highest BCUT2D eigenvalue weighted by Crippen LogP contribution is 2.47. The average molecular weight is 269 g/mol. The van der Waals surface area contributed by atoms with Gasteiger partial charge >= 0.3 is 0 Å². The number of hydrogen-bond donors (Lipinski definition) is 1. The summed E-state index contributed by atoms with van der Waals surface area (Å²) >= 11 is 0. The summed E-state index contributed by atoms with van der Waals surface area (Å²) in [5, 5.41) is 10.2. The first-order chi connectivity index (χ1) is 9.65. The molecule has 3 heteroatoms. The molecule has 0 radical (unpaired) electrons. The molecule has 1 atom stereocenters. The van der Waals surface area contributed by atoms with Crippen molar-refractivity contribution in [3.8, 4) is 16.9 Å². The van der Waals surface area contributed by atoms with Crippen LogP contribution in [0.2, 0.25) is 0 Å². The van der Waals surface area contributed by atoms with Crippen molar-refractivity contribution in [1.29, 1.82) is 0 Å². The minimum atomic E-state index is -0.210. The molecule has 0 saturated heterocycles. The molecule has 0 aromatic heterocycles. The Morgan fingerprint density at radius 1 is 1.25 bits per heavy atom. The number of hydrogen-bond acceptors (Lipinski definition) is 2. The van der Waals surface area contributed by atoms with Crippen molar-refractivity contribution < 1.29 is 9.50 Å². The van der Waals surface area contributed by atoms with E-state index < -0.39 is 0 Å². The summed E-state index contributed by atoms with van der Waals surface area (Å²) in [6.45, 7) is 0.953. The molecule has 1 aliphatic heterocycles. The average Bonchev–Trinajstić information content (AvgIpc) is 2.42. The van der Waals surface area contributed by atoms with Crippen LogP contribution in [-0.2, 0) is 12.8 Å². The van der Waals surface area contributed by atoms with Gasteiger partial charge in [0.25, 0.3) is 0 Å². The van der Waals surface area contributed by atoms with Crippen molar-refractivity contribution >= 4 is 0 Å². The van der Waals surface area contributed by atoms with E-state index in [1.54, 1.807) is 18.2 Å². The third-order valence-corrected chi connectivity index (χ3v) is 4.64. The van der Waals surface area contributed by atoms with E-state index in [1.165, 1.54) is 5.56 Å². The Hall–Kier alpha value is -1.87. The molecule has 2 nitrogen and oxygen atoms in total. The molecule has 0 fully saturated rings. The van der Waals surface area contributed by atoms with E-state index in [9.17, 15) is 9.50 Å². The van der Waals surface area contributed by atoms with Crippen molar-refractivity contribution in [2.75, 3.05) is 13.6 Å². The fourth-order valence-electron chi connectivity index (χ4n) is 3.69. The predicted molar refractivity (Wildman–Crippen MR) is 76.3 cm³/mol. The zero-order chi connectivity index (χ0) is 13.9. The van der Waals surface area contributed by atoms with Crippen LogP contribution in [0.15, 0.2) is 30.3 Å². The number of likely N-dealkylation sites (N-methyl/N-ethyl adjacent to an activating group) is 1. The van der Waals surface area contributed by atoms with Crippen LogP contribution in [0.4, 0.5) is 4.39 Å². The Kier molecular flexibility index (Phi) is 2.42. The quantitative estimate of drug-likeness (QED) is 0.793. The lowest BCUT2D eigenvalue weighted by Crippen LogP contribution is -2.35. The fourth-order valence-corrected chi connectivity index (χ4v) is 3.69. The Labute approximate surface area is 117 Å². The summed E-state index contributed by atoms with van der Waals surface area (Å²) in [4.78, 5) is 2.33. The zero-order valence-corrected chi connectivity index (χ0v) is 11.4. The molecule has 0 bridgehead atoms. The van der Waals surface area contributed by atoms with E-state index in [4.69, 9.17) is 0 Å². The minimum absolute atomic E-state index is 0.210. The zero-order valence-electron chi connectivity index (χ0n) is 11.4. The van der Waals surface area contributed by atoms with Gasteiger partial charge in [0.1, 0.15) is 11.6 Å². The predicted octanol–water partition coefficient (Wildman–Crippen LogP) is 3.28. The lowest BCUT2D eigenvalue weighted by Gasteiger charge is -2.39. The highest BCUT2D eigenvalue weighted by molar-refractivity contribution is 5.80. The second-order valence-electron chi connectivity index (χ2n) is 5.79. The third kappa shape index (κ3) is 1.53. The highest BCUT2D eigenvalue weighted by atomic mass is 19.1. The Balaban J connectivity index is 2.07. The summed E-state index contributed by atoms with van der Waals surface area (Å²) in [5.74, 6) is 0.0418. The molecule has 0 spiro atoms. The number of aromatic hydroxyl groups is 1. The molecule has 102 valence electrons. The molecule has 1 heterocycles. The monoisotopic (exact) mass is 269 g/mol. The second-order valence-corrected chi connectivity index (χ2v) is 5.79. The standard InChI is InChI=1S/C17H16FNO/c1-19-6-5-11-7-12(18)9-13-16(11)14(19)8-10-3-2-4-15(20)17(10)13/h2-4,7,9,14,20H,5-6,8H2,1H3. The SMILES string of the molecule is CN1CCc2cc(F)cc3c2C1Cc1cccc(O)c1-3. The Bertz CT molecular complexity index is 710. The summed E-state index contributed by atoms with van der Waals surface area (Å²) in [7, 11) is 2.12. The molecule has 2 aromatic carbocycles. The van der Waals surface area contributed by atoms with Gasteiger partial charge in [-0.1, -0.05) is 12.1 Å². The summed E-state index contributed by atoms with van der Waals surface area (Å²) in [5.41, 5.74) is 5.09. The molecular weight excluding hydrogens is 253 g/mol. The first-order valence-electron chi connectivity index (χ1n) is 6.99. The van der Waals surface area contributed by atoms with Crippen molar-refractivity contribution in [3.05, 3.63) is 52.8 Å². The van der Waals surface area contributed by atoms with Crippen molar-refractivity contribution in [3.63, 3.8) is 0 Å². The van der Waals surface area contributed by atoms with Crippen LogP contribution >= 0.6 is 0 Å². The van der Waals surface area contributed by atoms with Crippen molar-refractivity contribution in [2.45, 2.75) is 18.9 Å². The molecule has 2 aliphatic rings. The van der Waals surface area contributed by atoms with Crippen LogP contribution in [0, 0.1) is 5.82 Å². The molecule has 0 amide bonds. The van der Waals surface area contributed by atoms with Gasteiger partial charge in [0, 0.05) is 18.2 Å². The van der Waals surface area contributed by atoms with Crippen LogP contribution < -0.4 is 0 Å². The number of nitrogens with zero attached hydrogens (tertiary/aromatic N) is 1. The fraction of sp³-hybridized carbons (Fsp3) is 0.294. The van der Waals surface area contributed by atoms with Crippen LogP contribution in [0.3, 0.4) is 0 Å². The van der Waals surface area contributed by atoms with Crippen LogP contribution in [0.1, 0.15) is 22.7 Å². The largest absolute Gasteiger partial charge is 0.507 e. The second kappa shape index (κ2) is 4.06. The maximum absolute atomic E-state index is 13.9. The number of fused-ring (bicyclic) bond motifs is 2. The molecule has 1 N–H and O–H groups in total. The smallest absolute Gasteiger partial charge is 0.124 e. The lowest BCUT2D eigenvalue weighted by molar-refractivity contribution is 0.227. The molecule has 4 rings (SSSR count). The van der Waals surface area contributed by atoms with Crippen molar-refractivity contribution in [1.82, 2.24) is 4.90 Å². The highest BCUT2D eigenvalue weighted by Gasteiger charge is 2.34. The van der Waals surface area contributed by atoms with Gasteiger partial charge in [0.15, 0.2) is 0 Å². The van der Waals surface area contributed by atoms with Crippen LogP contribution in [0.5, 0.6) is 5.75 Å². The van der Waals surface area contributed by atoms with Gasteiger partial charge in [-0.3, -0.25) is 4.90 Å². The van der Waals surface area contributed by atoms with Gasteiger partial charge in [0.05, 0.1) is 0 Å². The van der Waals surface area contributed by atoms with Gasteiger partial charge in [-0.05, 0) is 60.3 Å². The van der Waals surface area contributed by atoms with Gasteiger partial charge in [-0.15, -0.1) is 0 Å². The third-order valence-electron chi connectivity index (χ3n) is 4.64. The van der Waals surface area contributed by atoms with E-state index in [0.29, 0.717) is 6.04 Å². The minimum Gasteiger partial charge on any atom is -0.507 e.